The van der Waals surface area contributed by atoms with Gasteiger partial charge in [-0.15, -0.1) is 0 Å². The van der Waals surface area contributed by atoms with Gasteiger partial charge in [0, 0.05) is 25.7 Å². The third kappa shape index (κ3) is 5.02. The van der Waals surface area contributed by atoms with Gasteiger partial charge in [-0.2, -0.15) is 0 Å². The SMILES string of the molecule is CCCNCCS(=O)(=O)N1CCC(N(CC)CC)C1. The number of hydrogen-bond donors (Lipinski definition) is 1. The molecule has 1 aliphatic rings. The van der Waals surface area contributed by atoms with E-state index in [1.165, 1.54) is 0 Å². The molecule has 1 saturated heterocycles. The molecule has 0 amide bonds. The van der Waals surface area contributed by atoms with E-state index in [9.17, 15) is 8.42 Å². The van der Waals surface area contributed by atoms with Crippen LogP contribution < -0.4 is 5.32 Å². The fourth-order valence-electron chi connectivity index (χ4n) is 2.63. The van der Waals surface area contributed by atoms with Crippen LogP contribution in [-0.4, -0.2) is 68.7 Å². The zero-order chi connectivity index (χ0) is 14.3. The van der Waals surface area contributed by atoms with Crippen molar-refractivity contribution in [3.63, 3.8) is 0 Å². The van der Waals surface area contributed by atoms with Gasteiger partial charge in [0.1, 0.15) is 0 Å². The highest BCUT2D eigenvalue weighted by molar-refractivity contribution is 7.89. The molecule has 1 atom stereocenters. The van der Waals surface area contributed by atoms with Crippen molar-refractivity contribution in [2.75, 3.05) is 45.0 Å². The van der Waals surface area contributed by atoms with Gasteiger partial charge < -0.3 is 5.32 Å². The maximum atomic E-state index is 12.2. The van der Waals surface area contributed by atoms with E-state index in [0.717, 1.165) is 32.5 Å². The summed E-state index contributed by atoms with van der Waals surface area (Å²) in [7, 11) is -3.08. The Morgan fingerprint density at radius 1 is 1.21 bits per heavy atom. The average molecular weight is 291 g/mol. The van der Waals surface area contributed by atoms with Gasteiger partial charge in [-0.05, 0) is 32.5 Å². The second-order valence-electron chi connectivity index (χ2n) is 5.09. The molecule has 0 aromatic carbocycles. The summed E-state index contributed by atoms with van der Waals surface area (Å²) in [6, 6.07) is 0.397. The van der Waals surface area contributed by atoms with Crippen molar-refractivity contribution in [1.82, 2.24) is 14.5 Å². The summed E-state index contributed by atoms with van der Waals surface area (Å²) >= 11 is 0. The van der Waals surface area contributed by atoms with E-state index >= 15 is 0 Å². The molecule has 1 heterocycles. The fourth-order valence-corrected chi connectivity index (χ4v) is 4.08. The molecule has 114 valence electrons. The lowest BCUT2D eigenvalue weighted by atomic mass is 10.2. The number of nitrogens with zero attached hydrogens (tertiary/aromatic N) is 2. The zero-order valence-electron chi connectivity index (χ0n) is 12.6. The van der Waals surface area contributed by atoms with Crippen molar-refractivity contribution in [3.8, 4) is 0 Å². The van der Waals surface area contributed by atoms with Gasteiger partial charge in [-0.1, -0.05) is 20.8 Å². The lowest BCUT2D eigenvalue weighted by Gasteiger charge is -2.26. The summed E-state index contributed by atoms with van der Waals surface area (Å²) in [5.41, 5.74) is 0. The predicted octanol–water partition coefficient (Wildman–Crippen LogP) is 0.732. The molecule has 5 nitrogen and oxygen atoms in total. The van der Waals surface area contributed by atoms with E-state index in [1.807, 2.05) is 0 Å². The Labute approximate surface area is 118 Å². The topological polar surface area (TPSA) is 52.7 Å². The standard InChI is InChI=1S/C13H29N3O2S/c1-4-8-14-9-11-19(17,18)16-10-7-13(12-16)15(5-2)6-3/h13-14H,4-12H2,1-3H3. The monoisotopic (exact) mass is 291 g/mol. The lowest BCUT2D eigenvalue weighted by Crippen LogP contribution is -2.40. The Hall–Kier alpha value is -0.170. The van der Waals surface area contributed by atoms with Crippen molar-refractivity contribution >= 4 is 10.0 Å². The predicted molar refractivity (Wildman–Crippen MR) is 79.8 cm³/mol. The quantitative estimate of drug-likeness (QED) is 0.636. The van der Waals surface area contributed by atoms with E-state index in [-0.39, 0.29) is 5.75 Å². The molecule has 0 spiro atoms. The van der Waals surface area contributed by atoms with Gasteiger partial charge in [0.05, 0.1) is 5.75 Å². The highest BCUT2D eigenvalue weighted by Crippen LogP contribution is 2.18. The largest absolute Gasteiger partial charge is 0.316 e. The first-order valence-corrected chi connectivity index (χ1v) is 9.08. The van der Waals surface area contributed by atoms with Crippen LogP contribution in [0, 0.1) is 0 Å². The summed E-state index contributed by atoms with van der Waals surface area (Å²) in [6.45, 7) is 11.1. The van der Waals surface area contributed by atoms with Gasteiger partial charge >= 0.3 is 0 Å². The van der Waals surface area contributed by atoms with Gasteiger partial charge in [0.2, 0.25) is 10.0 Å². The molecule has 1 aliphatic heterocycles. The van der Waals surface area contributed by atoms with Crippen LogP contribution in [0.15, 0.2) is 0 Å². The van der Waals surface area contributed by atoms with Crippen molar-refractivity contribution in [1.29, 1.82) is 0 Å². The minimum Gasteiger partial charge on any atom is -0.316 e. The van der Waals surface area contributed by atoms with Crippen LogP contribution in [0.3, 0.4) is 0 Å². The third-order valence-electron chi connectivity index (χ3n) is 3.81. The highest BCUT2D eigenvalue weighted by atomic mass is 32.2. The van der Waals surface area contributed by atoms with Crippen LogP contribution in [0.1, 0.15) is 33.6 Å². The molecule has 0 aromatic heterocycles. The minimum atomic E-state index is -3.08. The van der Waals surface area contributed by atoms with E-state index in [2.05, 4.69) is 31.0 Å². The first-order chi connectivity index (χ1) is 9.05. The zero-order valence-corrected chi connectivity index (χ0v) is 13.4. The van der Waals surface area contributed by atoms with Crippen LogP contribution in [0.25, 0.3) is 0 Å². The summed E-state index contributed by atoms with van der Waals surface area (Å²) in [4.78, 5) is 2.35. The second kappa shape index (κ2) is 8.19. The Bertz CT molecular complexity index is 342. The van der Waals surface area contributed by atoms with Crippen molar-refractivity contribution in [2.24, 2.45) is 0 Å². The van der Waals surface area contributed by atoms with Gasteiger partial charge in [0.15, 0.2) is 0 Å². The molecule has 1 fully saturated rings. The number of nitrogens with one attached hydrogen (secondary N) is 1. The molecule has 1 rings (SSSR count). The molecular weight excluding hydrogens is 262 g/mol. The summed E-state index contributed by atoms with van der Waals surface area (Å²) in [5.74, 6) is 0.220. The van der Waals surface area contributed by atoms with Crippen LogP contribution in [0.2, 0.25) is 0 Å². The van der Waals surface area contributed by atoms with Crippen LogP contribution in [0.4, 0.5) is 0 Å². The smallest absolute Gasteiger partial charge is 0.215 e. The Balaban J connectivity index is 2.43. The van der Waals surface area contributed by atoms with Gasteiger partial charge in [-0.25, -0.2) is 12.7 Å². The molecule has 19 heavy (non-hydrogen) atoms. The van der Waals surface area contributed by atoms with E-state index in [0.29, 0.717) is 25.7 Å². The average Bonchev–Trinajstić information content (AvgIpc) is 2.87. The fraction of sp³-hybridized carbons (Fsp3) is 1.00. The van der Waals surface area contributed by atoms with E-state index in [1.54, 1.807) is 4.31 Å². The molecule has 6 heteroatoms. The molecular formula is C13H29N3O2S. The Kier molecular flexibility index (Phi) is 7.28. The van der Waals surface area contributed by atoms with E-state index < -0.39 is 10.0 Å². The summed E-state index contributed by atoms with van der Waals surface area (Å²) < 4.78 is 26.1. The Morgan fingerprint density at radius 3 is 2.47 bits per heavy atom. The summed E-state index contributed by atoms with van der Waals surface area (Å²) in [5, 5.41) is 3.15. The van der Waals surface area contributed by atoms with E-state index in [4.69, 9.17) is 0 Å². The number of sulfonamides is 1. The van der Waals surface area contributed by atoms with Gasteiger partial charge in [0.25, 0.3) is 0 Å². The molecule has 0 bridgehead atoms. The maximum Gasteiger partial charge on any atom is 0.215 e. The normalized spacial score (nSPS) is 21.4. The molecule has 0 aliphatic carbocycles. The number of rotatable bonds is 9. The van der Waals surface area contributed by atoms with Gasteiger partial charge in [-0.3, -0.25) is 4.90 Å². The molecule has 0 radical (unpaired) electrons. The minimum absolute atomic E-state index is 0.220. The first kappa shape index (κ1) is 16.9. The number of likely N-dealkylation sites (N-methyl/N-ethyl adjacent to an activating group) is 1. The summed E-state index contributed by atoms with van der Waals surface area (Å²) in [6.07, 6.45) is 2.00. The highest BCUT2D eigenvalue weighted by Gasteiger charge is 2.32. The number of hydrogen-bond acceptors (Lipinski definition) is 4. The molecule has 0 aromatic rings. The van der Waals surface area contributed by atoms with Crippen LogP contribution >= 0.6 is 0 Å². The third-order valence-corrected chi connectivity index (χ3v) is 5.65. The van der Waals surface area contributed by atoms with Crippen molar-refractivity contribution in [3.05, 3.63) is 0 Å². The van der Waals surface area contributed by atoms with Crippen LogP contribution in [-0.2, 0) is 10.0 Å². The van der Waals surface area contributed by atoms with Crippen LogP contribution in [0.5, 0.6) is 0 Å². The van der Waals surface area contributed by atoms with Crippen molar-refractivity contribution in [2.45, 2.75) is 39.7 Å². The maximum absolute atomic E-state index is 12.2. The first-order valence-electron chi connectivity index (χ1n) is 7.47. The Morgan fingerprint density at radius 2 is 1.89 bits per heavy atom. The molecule has 0 saturated carbocycles. The van der Waals surface area contributed by atoms with Crippen molar-refractivity contribution < 1.29 is 8.42 Å². The molecule has 1 N–H and O–H groups in total. The lowest BCUT2D eigenvalue weighted by molar-refractivity contribution is 0.224. The second-order valence-corrected chi connectivity index (χ2v) is 7.18. The molecule has 1 unspecified atom stereocenters.